The molecule has 1 aromatic rings. The molecule has 76 valence electrons. The normalized spacial score (nSPS) is 22.2. The van der Waals surface area contributed by atoms with Crippen LogP contribution in [-0.2, 0) is 4.74 Å². The first kappa shape index (κ1) is 9.77. The van der Waals surface area contributed by atoms with E-state index in [0.717, 1.165) is 24.4 Å². The second-order valence-electron chi connectivity index (χ2n) is 3.35. The summed E-state index contributed by atoms with van der Waals surface area (Å²) in [5.41, 5.74) is 7.65. The molecular weight excluding hydrogens is 200 g/mol. The number of nitrogens with two attached hydrogens (primary N) is 1. The van der Waals surface area contributed by atoms with E-state index in [9.17, 15) is 0 Å². The Hall–Kier alpha value is -0.770. The minimum atomic E-state index is 0.169. The van der Waals surface area contributed by atoms with Crippen LogP contribution in [0.15, 0.2) is 18.2 Å². The van der Waals surface area contributed by atoms with Gasteiger partial charge in [-0.25, -0.2) is 0 Å². The van der Waals surface area contributed by atoms with E-state index >= 15 is 0 Å². The maximum absolute atomic E-state index is 5.91. The van der Waals surface area contributed by atoms with Crippen LogP contribution in [0.3, 0.4) is 0 Å². The summed E-state index contributed by atoms with van der Waals surface area (Å²) in [5.74, 6) is 0. The number of rotatable bonds is 1. The van der Waals surface area contributed by atoms with Crippen molar-refractivity contribution in [1.82, 2.24) is 5.32 Å². The van der Waals surface area contributed by atoms with Crippen LogP contribution in [0.2, 0.25) is 5.02 Å². The molecule has 0 bridgehead atoms. The van der Waals surface area contributed by atoms with Crippen molar-refractivity contribution in [2.24, 2.45) is 0 Å². The largest absolute Gasteiger partial charge is 0.398 e. The van der Waals surface area contributed by atoms with Crippen molar-refractivity contribution >= 4 is 17.3 Å². The molecule has 1 saturated heterocycles. The number of hydrogen-bond acceptors (Lipinski definition) is 3. The van der Waals surface area contributed by atoms with Gasteiger partial charge in [-0.1, -0.05) is 11.6 Å². The fourth-order valence-corrected chi connectivity index (χ4v) is 1.79. The van der Waals surface area contributed by atoms with Gasteiger partial charge < -0.3 is 15.8 Å². The minimum Gasteiger partial charge on any atom is -0.398 e. The Balaban J connectivity index is 2.24. The first-order chi connectivity index (χ1) is 6.77. The van der Waals surface area contributed by atoms with Crippen LogP contribution in [0.5, 0.6) is 0 Å². The Morgan fingerprint density at radius 1 is 1.50 bits per heavy atom. The predicted molar refractivity (Wildman–Crippen MR) is 57.4 cm³/mol. The summed E-state index contributed by atoms with van der Waals surface area (Å²) in [4.78, 5) is 0. The number of ether oxygens (including phenoxy) is 1. The first-order valence-corrected chi connectivity index (χ1v) is 5.01. The highest BCUT2D eigenvalue weighted by Gasteiger charge is 2.17. The molecular formula is C10H13ClN2O. The second-order valence-corrected chi connectivity index (χ2v) is 3.79. The van der Waals surface area contributed by atoms with Gasteiger partial charge in [0.05, 0.1) is 19.3 Å². The zero-order valence-corrected chi connectivity index (χ0v) is 8.55. The number of anilines is 1. The Kier molecular flexibility index (Phi) is 2.91. The number of hydrogen-bond donors (Lipinski definition) is 2. The first-order valence-electron chi connectivity index (χ1n) is 4.63. The molecule has 0 unspecified atom stereocenters. The van der Waals surface area contributed by atoms with Gasteiger partial charge in [0.1, 0.15) is 0 Å². The standard InChI is InChI=1S/C10H13ClN2O/c11-7-1-2-9(12)8(5-7)10-6-14-4-3-13-10/h1-2,5,10,13H,3-4,6,12H2/t10-/m0/s1. The second kappa shape index (κ2) is 4.17. The third-order valence-electron chi connectivity index (χ3n) is 2.35. The van der Waals surface area contributed by atoms with Crippen LogP contribution in [-0.4, -0.2) is 19.8 Å². The fraction of sp³-hybridized carbons (Fsp3) is 0.400. The van der Waals surface area contributed by atoms with Gasteiger partial charge >= 0.3 is 0 Å². The molecule has 14 heavy (non-hydrogen) atoms. The lowest BCUT2D eigenvalue weighted by atomic mass is 10.0. The van der Waals surface area contributed by atoms with Gasteiger partial charge in [-0.2, -0.15) is 0 Å². The van der Waals surface area contributed by atoms with Crippen molar-refractivity contribution in [3.8, 4) is 0 Å². The number of halogens is 1. The maximum Gasteiger partial charge on any atom is 0.0662 e. The van der Waals surface area contributed by atoms with Crippen LogP contribution < -0.4 is 11.1 Å². The van der Waals surface area contributed by atoms with E-state index in [1.807, 2.05) is 12.1 Å². The molecule has 0 spiro atoms. The highest BCUT2D eigenvalue weighted by molar-refractivity contribution is 6.30. The third-order valence-corrected chi connectivity index (χ3v) is 2.58. The van der Waals surface area contributed by atoms with Crippen molar-refractivity contribution in [3.05, 3.63) is 28.8 Å². The van der Waals surface area contributed by atoms with Crippen LogP contribution in [0, 0.1) is 0 Å². The average molecular weight is 213 g/mol. The van der Waals surface area contributed by atoms with E-state index in [0.29, 0.717) is 11.6 Å². The smallest absolute Gasteiger partial charge is 0.0662 e. The molecule has 1 fully saturated rings. The van der Waals surface area contributed by atoms with E-state index in [2.05, 4.69) is 5.32 Å². The highest BCUT2D eigenvalue weighted by Crippen LogP contribution is 2.25. The van der Waals surface area contributed by atoms with Crippen molar-refractivity contribution in [2.75, 3.05) is 25.5 Å². The summed E-state index contributed by atoms with van der Waals surface area (Å²) in [7, 11) is 0. The number of benzene rings is 1. The zero-order chi connectivity index (χ0) is 9.97. The van der Waals surface area contributed by atoms with Gasteiger partial charge in [-0.05, 0) is 23.8 Å². The van der Waals surface area contributed by atoms with Gasteiger partial charge in [0.15, 0.2) is 0 Å². The molecule has 0 amide bonds. The lowest BCUT2D eigenvalue weighted by Gasteiger charge is -2.25. The Morgan fingerprint density at radius 3 is 3.07 bits per heavy atom. The molecule has 1 atom stereocenters. The molecule has 0 aliphatic carbocycles. The lowest BCUT2D eigenvalue weighted by Crippen LogP contribution is -2.34. The summed E-state index contributed by atoms with van der Waals surface area (Å²) in [5, 5.41) is 4.05. The van der Waals surface area contributed by atoms with Crippen molar-refractivity contribution in [2.45, 2.75) is 6.04 Å². The molecule has 0 radical (unpaired) electrons. The summed E-state index contributed by atoms with van der Waals surface area (Å²) in [6, 6.07) is 5.68. The molecule has 3 nitrogen and oxygen atoms in total. The maximum atomic E-state index is 5.91. The summed E-state index contributed by atoms with van der Waals surface area (Å²) >= 11 is 5.91. The summed E-state index contributed by atoms with van der Waals surface area (Å²) < 4.78 is 5.37. The van der Waals surface area contributed by atoms with Crippen molar-refractivity contribution < 1.29 is 4.74 Å². The van der Waals surface area contributed by atoms with Crippen LogP contribution in [0.25, 0.3) is 0 Å². The van der Waals surface area contributed by atoms with Gasteiger partial charge in [-0.3, -0.25) is 0 Å². The molecule has 3 N–H and O–H groups in total. The molecule has 2 rings (SSSR count). The van der Waals surface area contributed by atoms with E-state index in [1.54, 1.807) is 6.07 Å². The number of nitrogen functional groups attached to an aromatic ring is 1. The molecule has 1 aliphatic rings. The minimum absolute atomic E-state index is 0.169. The van der Waals surface area contributed by atoms with E-state index in [4.69, 9.17) is 22.1 Å². The van der Waals surface area contributed by atoms with Crippen molar-refractivity contribution in [3.63, 3.8) is 0 Å². The molecule has 0 aromatic heterocycles. The molecule has 0 saturated carbocycles. The quantitative estimate of drug-likeness (QED) is 0.695. The van der Waals surface area contributed by atoms with E-state index in [-0.39, 0.29) is 6.04 Å². The van der Waals surface area contributed by atoms with E-state index in [1.165, 1.54) is 0 Å². The van der Waals surface area contributed by atoms with Gasteiger partial charge in [0, 0.05) is 17.3 Å². The summed E-state index contributed by atoms with van der Waals surface area (Å²) in [6.07, 6.45) is 0. The van der Waals surface area contributed by atoms with Gasteiger partial charge in [0.2, 0.25) is 0 Å². The molecule has 1 aromatic carbocycles. The Bertz CT molecular complexity index is 324. The van der Waals surface area contributed by atoms with Crippen molar-refractivity contribution in [1.29, 1.82) is 0 Å². The lowest BCUT2D eigenvalue weighted by molar-refractivity contribution is 0.0771. The molecule has 4 heteroatoms. The highest BCUT2D eigenvalue weighted by atomic mass is 35.5. The fourth-order valence-electron chi connectivity index (χ4n) is 1.61. The summed E-state index contributed by atoms with van der Waals surface area (Å²) in [6.45, 7) is 2.28. The average Bonchev–Trinajstić information content (AvgIpc) is 2.23. The number of morpholine rings is 1. The van der Waals surface area contributed by atoms with Crippen LogP contribution >= 0.6 is 11.6 Å². The van der Waals surface area contributed by atoms with Gasteiger partial charge in [-0.15, -0.1) is 0 Å². The monoisotopic (exact) mass is 212 g/mol. The molecule has 1 aliphatic heterocycles. The Morgan fingerprint density at radius 2 is 2.36 bits per heavy atom. The van der Waals surface area contributed by atoms with E-state index < -0.39 is 0 Å². The Labute approximate surface area is 88.2 Å². The predicted octanol–water partition coefficient (Wildman–Crippen LogP) is 1.58. The van der Waals surface area contributed by atoms with Crippen LogP contribution in [0.1, 0.15) is 11.6 Å². The SMILES string of the molecule is Nc1ccc(Cl)cc1[C@@H]1COCCN1. The van der Waals surface area contributed by atoms with Crippen LogP contribution in [0.4, 0.5) is 5.69 Å². The third kappa shape index (κ3) is 2.00. The molecule has 1 heterocycles. The van der Waals surface area contributed by atoms with Gasteiger partial charge in [0.25, 0.3) is 0 Å². The topological polar surface area (TPSA) is 47.3 Å². The zero-order valence-electron chi connectivity index (χ0n) is 7.79. The number of nitrogens with one attached hydrogen (secondary N) is 1.